The lowest BCUT2D eigenvalue weighted by Gasteiger charge is -2.11. The largest absolute Gasteiger partial charge is 0.370 e. The molecule has 1 aromatic carbocycles. The Morgan fingerprint density at radius 3 is 2.76 bits per heavy atom. The third kappa shape index (κ3) is 3.94. The second-order valence-electron chi connectivity index (χ2n) is 5.55. The molecule has 1 amide bonds. The molecule has 112 valence electrons. The first-order valence-corrected chi connectivity index (χ1v) is 7.53. The highest BCUT2D eigenvalue weighted by Gasteiger charge is 2.11. The third-order valence-electron chi connectivity index (χ3n) is 3.32. The number of fused-ring (bicyclic) bond motifs is 1. The summed E-state index contributed by atoms with van der Waals surface area (Å²) in [6.07, 6.45) is 0.972. The van der Waals surface area contributed by atoms with Gasteiger partial charge in [-0.3, -0.25) is 4.79 Å². The van der Waals surface area contributed by atoms with E-state index in [9.17, 15) is 4.79 Å². The number of anilines is 1. The molecule has 1 heterocycles. The summed E-state index contributed by atoms with van der Waals surface area (Å²) < 4.78 is 0. The van der Waals surface area contributed by atoms with Gasteiger partial charge in [-0.2, -0.15) is 0 Å². The average Bonchev–Trinajstić information content (AvgIpc) is 2.47. The number of carbonyl (C=O) groups is 1. The third-order valence-corrected chi connectivity index (χ3v) is 3.32. The van der Waals surface area contributed by atoms with Gasteiger partial charge in [0, 0.05) is 18.5 Å². The van der Waals surface area contributed by atoms with Crippen LogP contribution in [0.3, 0.4) is 0 Å². The number of nitrogens with zero attached hydrogens (tertiary/aromatic N) is 1. The van der Waals surface area contributed by atoms with Crippen molar-refractivity contribution in [1.82, 2.24) is 10.3 Å². The van der Waals surface area contributed by atoms with Crippen molar-refractivity contribution in [3.63, 3.8) is 0 Å². The average molecular weight is 285 g/mol. The molecule has 2 aromatic rings. The first kappa shape index (κ1) is 15.3. The number of amides is 1. The van der Waals surface area contributed by atoms with Crippen molar-refractivity contribution in [2.75, 3.05) is 18.4 Å². The van der Waals surface area contributed by atoms with Gasteiger partial charge in [0.1, 0.15) is 11.5 Å². The Balaban J connectivity index is 2.25. The van der Waals surface area contributed by atoms with Gasteiger partial charge in [0.2, 0.25) is 0 Å². The lowest BCUT2D eigenvalue weighted by atomic mass is 10.1. The first-order chi connectivity index (χ1) is 10.1. The second-order valence-corrected chi connectivity index (χ2v) is 5.55. The molecule has 1 aromatic heterocycles. The summed E-state index contributed by atoms with van der Waals surface area (Å²) in [6, 6.07) is 9.82. The molecule has 4 heteroatoms. The Kier molecular flexibility index (Phi) is 5.14. The van der Waals surface area contributed by atoms with Crippen LogP contribution in [0.2, 0.25) is 0 Å². The summed E-state index contributed by atoms with van der Waals surface area (Å²) in [5, 5.41) is 8.23. The molecule has 4 nitrogen and oxygen atoms in total. The molecular weight excluding hydrogens is 262 g/mol. The topological polar surface area (TPSA) is 54.0 Å². The molecule has 0 saturated heterocycles. The molecule has 2 rings (SSSR count). The number of aromatic nitrogens is 1. The van der Waals surface area contributed by atoms with Gasteiger partial charge < -0.3 is 10.6 Å². The first-order valence-electron chi connectivity index (χ1n) is 7.53. The SMILES string of the molecule is CCNc1nc(C(=O)NCCC(C)C)cc2ccccc12. The maximum Gasteiger partial charge on any atom is 0.269 e. The summed E-state index contributed by atoms with van der Waals surface area (Å²) in [6.45, 7) is 7.76. The number of hydrogen-bond acceptors (Lipinski definition) is 3. The number of hydrogen-bond donors (Lipinski definition) is 2. The number of nitrogens with one attached hydrogen (secondary N) is 2. The lowest BCUT2D eigenvalue weighted by molar-refractivity contribution is 0.0947. The van der Waals surface area contributed by atoms with Gasteiger partial charge in [0.25, 0.3) is 5.91 Å². The number of pyridine rings is 1. The van der Waals surface area contributed by atoms with Gasteiger partial charge in [-0.25, -0.2) is 4.98 Å². The Morgan fingerprint density at radius 2 is 2.05 bits per heavy atom. The smallest absolute Gasteiger partial charge is 0.269 e. The highest BCUT2D eigenvalue weighted by Crippen LogP contribution is 2.22. The van der Waals surface area contributed by atoms with Crippen LogP contribution in [0.5, 0.6) is 0 Å². The van der Waals surface area contributed by atoms with Crippen molar-refractivity contribution in [3.05, 3.63) is 36.0 Å². The fourth-order valence-corrected chi connectivity index (χ4v) is 2.18. The monoisotopic (exact) mass is 285 g/mol. The number of rotatable bonds is 6. The predicted molar refractivity (Wildman–Crippen MR) is 87.7 cm³/mol. The minimum Gasteiger partial charge on any atom is -0.370 e. The summed E-state index contributed by atoms with van der Waals surface area (Å²) in [5.41, 5.74) is 0.466. The van der Waals surface area contributed by atoms with Crippen molar-refractivity contribution < 1.29 is 4.79 Å². The van der Waals surface area contributed by atoms with Gasteiger partial charge in [0.05, 0.1) is 0 Å². The van der Waals surface area contributed by atoms with Crippen LogP contribution in [0.25, 0.3) is 10.8 Å². The van der Waals surface area contributed by atoms with Crippen LogP contribution in [-0.2, 0) is 0 Å². The van der Waals surface area contributed by atoms with Gasteiger partial charge >= 0.3 is 0 Å². The summed E-state index contributed by atoms with van der Waals surface area (Å²) in [4.78, 5) is 16.7. The molecule has 2 N–H and O–H groups in total. The normalized spacial score (nSPS) is 10.9. The molecule has 0 aliphatic heterocycles. The molecule has 0 spiro atoms. The van der Waals surface area contributed by atoms with E-state index in [2.05, 4.69) is 29.5 Å². The zero-order valence-electron chi connectivity index (χ0n) is 12.9. The Hall–Kier alpha value is -2.10. The number of carbonyl (C=O) groups excluding carboxylic acids is 1. The van der Waals surface area contributed by atoms with E-state index in [0.717, 1.165) is 29.6 Å². The van der Waals surface area contributed by atoms with Crippen LogP contribution in [0, 0.1) is 5.92 Å². The van der Waals surface area contributed by atoms with Crippen molar-refractivity contribution in [2.24, 2.45) is 5.92 Å². The molecule has 0 radical (unpaired) electrons. The minimum atomic E-state index is -0.111. The van der Waals surface area contributed by atoms with E-state index >= 15 is 0 Å². The van der Waals surface area contributed by atoms with Crippen molar-refractivity contribution in [2.45, 2.75) is 27.2 Å². The van der Waals surface area contributed by atoms with Crippen molar-refractivity contribution in [3.8, 4) is 0 Å². The van der Waals surface area contributed by atoms with Crippen LogP contribution < -0.4 is 10.6 Å². The van der Waals surface area contributed by atoms with Crippen LogP contribution in [0.4, 0.5) is 5.82 Å². The molecule has 0 saturated carbocycles. The fraction of sp³-hybridized carbons (Fsp3) is 0.412. The van der Waals surface area contributed by atoms with E-state index in [1.807, 2.05) is 37.3 Å². The maximum atomic E-state index is 12.2. The predicted octanol–water partition coefficient (Wildman–Crippen LogP) is 3.44. The molecule has 21 heavy (non-hydrogen) atoms. The molecule has 0 aliphatic carbocycles. The highest BCUT2D eigenvalue weighted by atomic mass is 16.1. The quantitative estimate of drug-likeness (QED) is 0.854. The Labute approximate surface area is 126 Å². The van der Waals surface area contributed by atoms with E-state index in [4.69, 9.17) is 0 Å². The van der Waals surface area contributed by atoms with Crippen LogP contribution in [-0.4, -0.2) is 24.0 Å². The Bertz CT molecular complexity index is 622. The van der Waals surface area contributed by atoms with Gasteiger partial charge in [-0.1, -0.05) is 38.1 Å². The minimum absolute atomic E-state index is 0.111. The zero-order chi connectivity index (χ0) is 15.2. The molecule has 0 fully saturated rings. The summed E-state index contributed by atoms with van der Waals surface area (Å²) in [7, 11) is 0. The van der Waals surface area contributed by atoms with Crippen molar-refractivity contribution >= 4 is 22.5 Å². The molecular formula is C17H23N3O. The molecule has 0 aliphatic rings. The van der Waals surface area contributed by atoms with Gasteiger partial charge in [-0.15, -0.1) is 0 Å². The van der Waals surface area contributed by atoms with Crippen LogP contribution in [0.15, 0.2) is 30.3 Å². The van der Waals surface area contributed by atoms with E-state index in [0.29, 0.717) is 18.2 Å². The van der Waals surface area contributed by atoms with E-state index in [1.54, 1.807) is 0 Å². The fourth-order valence-electron chi connectivity index (χ4n) is 2.18. The molecule has 0 unspecified atom stereocenters. The zero-order valence-corrected chi connectivity index (χ0v) is 12.9. The second kappa shape index (κ2) is 7.07. The maximum absolute atomic E-state index is 12.2. The van der Waals surface area contributed by atoms with E-state index in [1.165, 1.54) is 0 Å². The number of benzene rings is 1. The summed E-state index contributed by atoms with van der Waals surface area (Å²) >= 11 is 0. The lowest BCUT2D eigenvalue weighted by Crippen LogP contribution is -2.26. The highest BCUT2D eigenvalue weighted by molar-refractivity contribution is 6.00. The molecule has 0 atom stereocenters. The Morgan fingerprint density at radius 1 is 1.29 bits per heavy atom. The standard InChI is InChI=1S/C17H23N3O/c1-4-18-16-14-8-6-5-7-13(14)11-15(20-16)17(21)19-10-9-12(2)3/h5-8,11-12H,4,9-10H2,1-3H3,(H,18,20)(H,19,21). The molecule has 0 bridgehead atoms. The van der Waals surface area contributed by atoms with Crippen LogP contribution >= 0.6 is 0 Å². The van der Waals surface area contributed by atoms with Crippen LogP contribution in [0.1, 0.15) is 37.7 Å². The van der Waals surface area contributed by atoms with Crippen molar-refractivity contribution in [1.29, 1.82) is 0 Å². The van der Waals surface area contributed by atoms with Gasteiger partial charge in [0.15, 0.2) is 0 Å². The van der Waals surface area contributed by atoms with Gasteiger partial charge in [-0.05, 0) is 30.7 Å². The van der Waals surface area contributed by atoms with E-state index in [-0.39, 0.29) is 5.91 Å². The van der Waals surface area contributed by atoms with E-state index < -0.39 is 0 Å². The summed E-state index contributed by atoms with van der Waals surface area (Å²) in [5.74, 6) is 1.23.